The molecule has 0 saturated heterocycles. The van der Waals surface area contributed by atoms with Crippen LogP contribution in [0.15, 0.2) is 41.6 Å². The summed E-state index contributed by atoms with van der Waals surface area (Å²) >= 11 is 0. The van der Waals surface area contributed by atoms with E-state index in [4.69, 9.17) is 5.11 Å². The third-order valence-electron chi connectivity index (χ3n) is 3.66. The third kappa shape index (κ3) is 2.48. The summed E-state index contributed by atoms with van der Waals surface area (Å²) in [6.07, 6.45) is 6.48. The summed E-state index contributed by atoms with van der Waals surface area (Å²) < 4.78 is 1.51. The number of pyridine rings is 2. The number of nitrogens with zero attached hydrogens (tertiary/aromatic N) is 2. The lowest BCUT2D eigenvalue weighted by molar-refractivity contribution is 0.274. The summed E-state index contributed by atoms with van der Waals surface area (Å²) in [4.78, 5) is 19.3. The van der Waals surface area contributed by atoms with Gasteiger partial charge in [-0.2, -0.15) is 0 Å². The van der Waals surface area contributed by atoms with Gasteiger partial charge in [0, 0.05) is 42.2 Å². The van der Waals surface area contributed by atoms with Crippen LogP contribution in [0.1, 0.15) is 12.5 Å². The van der Waals surface area contributed by atoms with Crippen molar-refractivity contribution in [1.82, 2.24) is 14.5 Å². The van der Waals surface area contributed by atoms with Crippen LogP contribution in [-0.4, -0.2) is 26.2 Å². The van der Waals surface area contributed by atoms with Crippen LogP contribution in [0.5, 0.6) is 0 Å². The van der Waals surface area contributed by atoms with E-state index in [9.17, 15) is 4.79 Å². The number of nitrogens with one attached hydrogen (secondary N) is 1. The summed E-state index contributed by atoms with van der Waals surface area (Å²) in [6.45, 7) is 2.35. The number of aryl methyl sites for hydroxylation is 1. The van der Waals surface area contributed by atoms with E-state index in [1.807, 2.05) is 6.20 Å². The van der Waals surface area contributed by atoms with Gasteiger partial charge in [0.1, 0.15) is 5.65 Å². The molecule has 0 saturated carbocycles. The van der Waals surface area contributed by atoms with Gasteiger partial charge in [0.25, 0.3) is 5.56 Å². The van der Waals surface area contributed by atoms with Gasteiger partial charge in [0.15, 0.2) is 0 Å². The van der Waals surface area contributed by atoms with Crippen molar-refractivity contribution in [3.05, 3.63) is 52.7 Å². The number of aliphatic hydroxyl groups excluding tert-OH is 1. The van der Waals surface area contributed by atoms with E-state index in [1.54, 1.807) is 18.5 Å². The van der Waals surface area contributed by atoms with Gasteiger partial charge in [-0.05, 0) is 29.7 Å². The second kappa shape index (κ2) is 5.54. The topological polar surface area (TPSA) is 70.9 Å². The number of aromatic nitrogens is 3. The SMILES string of the molecule is CCc1c[nH]c2ncc(-c3ccc(=O)n(CCO)c3)cc12. The third-order valence-corrected chi connectivity index (χ3v) is 3.66. The quantitative estimate of drug-likeness (QED) is 0.768. The molecule has 0 amide bonds. The molecule has 3 rings (SSSR count). The Hall–Kier alpha value is -2.40. The Bertz CT molecular complexity index is 833. The lowest BCUT2D eigenvalue weighted by atomic mass is 10.1. The van der Waals surface area contributed by atoms with Gasteiger partial charge in [-0.15, -0.1) is 0 Å². The Balaban J connectivity index is 2.11. The Morgan fingerprint density at radius 2 is 2.19 bits per heavy atom. The van der Waals surface area contributed by atoms with E-state index in [0.29, 0.717) is 6.54 Å². The van der Waals surface area contributed by atoms with E-state index in [0.717, 1.165) is 28.6 Å². The predicted octanol–water partition coefficient (Wildman–Crippen LogP) is 1.95. The molecule has 21 heavy (non-hydrogen) atoms. The Morgan fingerprint density at radius 3 is 2.95 bits per heavy atom. The molecule has 3 aromatic heterocycles. The van der Waals surface area contributed by atoms with Crippen molar-refractivity contribution in [2.75, 3.05) is 6.61 Å². The Labute approximate surface area is 121 Å². The highest BCUT2D eigenvalue weighted by atomic mass is 16.3. The molecule has 0 aromatic carbocycles. The fourth-order valence-corrected chi connectivity index (χ4v) is 2.49. The normalized spacial score (nSPS) is 11.1. The molecule has 108 valence electrons. The number of aliphatic hydroxyl groups is 1. The van der Waals surface area contributed by atoms with Crippen molar-refractivity contribution >= 4 is 11.0 Å². The van der Waals surface area contributed by atoms with Crippen LogP contribution >= 0.6 is 0 Å². The summed E-state index contributed by atoms with van der Waals surface area (Å²) in [6, 6.07) is 5.39. The number of H-pyrrole nitrogens is 1. The van der Waals surface area contributed by atoms with Crippen molar-refractivity contribution in [3.63, 3.8) is 0 Å². The van der Waals surface area contributed by atoms with E-state index in [1.165, 1.54) is 16.2 Å². The maximum Gasteiger partial charge on any atom is 0.250 e. The van der Waals surface area contributed by atoms with E-state index in [-0.39, 0.29) is 12.2 Å². The molecule has 0 atom stereocenters. The van der Waals surface area contributed by atoms with Gasteiger partial charge in [0.05, 0.1) is 6.61 Å². The highest BCUT2D eigenvalue weighted by Gasteiger charge is 2.07. The molecule has 0 aliphatic heterocycles. The van der Waals surface area contributed by atoms with E-state index >= 15 is 0 Å². The first-order valence-corrected chi connectivity index (χ1v) is 7.00. The molecule has 0 unspecified atom stereocenters. The highest BCUT2D eigenvalue weighted by molar-refractivity contribution is 5.84. The van der Waals surface area contributed by atoms with E-state index in [2.05, 4.69) is 23.0 Å². The number of hydrogen-bond donors (Lipinski definition) is 2. The summed E-state index contributed by atoms with van der Waals surface area (Å²) in [7, 11) is 0. The van der Waals surface area contributed by atoms with Crippen molar-refractivity contribution in [1.29, 1.82) is 0 Å². The predicted molar refractivity (Wildman–Crippen MR) is 82.3 cm³/mol. The van der Waals surface area contributed by atoms with Gasteiger partial charge in [0.2, 0.25) is 0 Å². The van der Waals surface area contributed by atoms with Crippen LogP contribution in [0, 0.1) is 0 Å². The number of hydrogen-bond acceptors (Lipinski definition) is 3. The first-order valence-electron chi connectivity index (χ1n) is 7.00. The molecule has 3 heterocycles. The second-order valence-corrected chi connectivity index (χ2v) is 4.96. The zero-order valence-electron chi connectivity index (χ0n) is 11.8. The monoisotopic (exact) mass is 283 g/mol. The molecule has 0 aliphatic rings. The molecule has 5 nitrogen and oxygen atoms in total. The first-order chi connectivity index (χ1) is 10.2. The van der Waals surface area contributed by atoms with Crippen molar-refractivity contribution < 1.29 is 5.11 Å². The summed E-state index contributed by atoms with van der Waals surface area (Å²) in [5.41, 5.74) is 3.87. The molecule has 0 fully saturated rings. The smallest absolute Gasteiger partial charge is 0.250 e. The minimum atomic E-state index is -0.113. The molecule has 5 heteroatoms. The molecule has 0 spiro atoms. The van der Waals surface area contributed by atoms with Crippen molar-refractivity contribution in [3.8, 4) is 11.1 Å². The molecule has 2 N–H and O–H groups in total. The Kier molecular flexibility index (Phi) is 3.58. The highest BCUT2D eigenvalue weighted by Crippen LogP contribution is 2.24. The zero-order valence-corrected chi connectivity index (χ0v) is 11.8. The fraction of sp³-hybridized carbons (Fsp3) is 0.250. The largest absolute Gasteiger partial charge is 0.395 e. The molecular weight excluding hydrogens is 266 g/mol. The maximum atomic E-state index is 11.7. The minimum absolute atomic E-state index is 0.0571. The van der Waals surface area contributed by atoms with Gasteiger partial charge in [-0.3, -0.25) is 4.79 Å². The van der Waals surface area contributed by atoms with Gasteiger partial charge in [-0.1, -0.05) is 6.92 Å². The fourth-order valence-electron chi connectivity index (χ4n) is 2.49. The second-order valence-electron chi connectivity index (χ2n) is 4.96. The molecule has 0 aliphatic carbocycles. The standard InChI is InChI=1S/C16H17N3O2/c1-2-11-8-17-16-14(11)7-13(9-18-16)12-3-4-15(21)19(10-12)5-6-20/h3-4,7-10,20H,2,5-6H2,1H3,(H,17,18). The van der Waals surface area contributed by atoms with Gasteiger partial charge >= 0.3 is 0 Å². The molecule has 0 bridgehead atoms. The average Bonchev–Trinajstić information content (AvgIpc) is 2.92. The van der Waals surface area contributed by atoms with Crippen LogP contribution in [0.25, 0.3) is 22.2 Å². The first kappa shape index (κ1) is 13.6. The lowest BCUT2D eigenvalue weighted by Gasteiger charge is -2.07. The maximum absolute atomic E-state index is 11.7. The number of aromatic amines is 1. The van der Waals surface area contributed by atoms with Crippen LogP contribution in [-0.2, 0) is 13.0 Å². The van der Waals surface area contributed by atoms with Crippen molar-refractivity contribution in [2.24, 2.45) is 0 Å². The van der Waals surface area contributed by atoms with Crippen LogP contribution in [0.4, 0.5) is 0 Å². The van der Waals surface area contributed by atoms with Crippen molar-refractivity contribution in [2.45, 2.75) is 19.9 Å². The molecular formula is C16H17N3O2. The van der Waals surface area contributed by atoms with E-state index < -0.39 is 0 Å². The van der Waals surface area contributed by atoms with Gasteiger partial charge in [-0.25, -0.2) is 4.98 Å². The van der Waals surface area contributed by atoms with Crippen LogP contribution < -0.4 is 5.56 Å². The number of rotatable bonds is 4. The van der Waals surface area contributed by atoms with Gasteiger partial charge < -0.3 is 14.7 Å². The Morgan fingerprint density at radius 1 is 1.33 bits per heavy atom. The lowest BCUT2D eigenvalue weighted by Crippen LogP contribution is -2.20. The summed E-state index contributed by atoms with van der Waals surface area (Å²) in [5, 5.41) is 10.1. The van der Waals surface area contributed by atoms with Crippen LogP contribution in [0.3, 0.4) is 0 Å². The minimum Gasteiger partial charge on any atom is -0.395 e. The average molecular weight is 283 g/mol. The zero-order chi connectivity index (χ0) is 14.8. The van der Waals surface area contributed by atoms with Crippen LogP contribution in [0.2, 0.25) is 0 Å². The molecule has 0 radical (unpaired) electrons. The molecule has 3 aromatic rings. The summed E-state index contributed by atoms with van der Waals surface area (Å²) in [5.74, 6) is 0. The number of fused-ring (bicyclic) bond motifs is 1.